The van der Waals surface area contributed by atoms with E-state index in [2.05, 4.69) is 25.7 Å². The number of nitrogens with two attached hydrogens (primary N) is 1. The van der Waals surface area contributed by atoms with E-state index in [4.69, 9.17) is 10.5 Å². The smallest absolute Gasteiger partial charge is 0.0593 e. The Balaban J connectivity index is 0.00000256. The third kappa shape index (κ3) is 7.24. The standard InChI is InChI=1S/C13H28N2O.ClH/c1-11(2)10-16-9-8-15-6-4-13(5-7-15)12(3)14;/h11-13H,4-10,14H2,1-3H3;1H. The molecule has 1 rings (SSSR count). The Morgan fingerprint density at radius 3 is 2.29 bits per heavy atom. The summed E-state index contributed by atoms with van der Waals surface area (Å²) in [6.45, 7) is 11.7. The molecular weight excluding hydrogens is 236 g/mol. The fourth-order valence-electron chi connectivity index (χ4n) is 2.22. The largest absolute Gasteiger partial charge is 0.380 e. The number of nitrogens with zero attached hydrogens (tertiary/aromatic N) is 1. The van der Waals surface area contributed by atoms with E-state index >= 15 is 0 Å². The quantitative estimate of drug-likeness (QED) is 0.747. The Hall–Kier alpha value is 0.170. The van der Waals surface area contributed by atoms with Gasteiger partial charge in [-0.05, 0) is 44.7 Å². The average Bonchev–Trinajstić information content (AvgIpc) is 2.25. The second-order valence-corrected chi connectivity index (χ2v) is 5.51. The Labute approximate surface area is 112 Å². The minimum atomic E-state index is 0. The van der Waals surface area contributed by atoms with E-state index < -0.39 is 0 Å². The minimum Gasteiger partial charge on any atom is -0.380 e. The van der Waals surface area contributed by atoms with Crippen LogP contribution in [0.25, 0.3) is 0 Å². The van der Waals surface area contributed by atoms with Crippen LogP contribution >= 0.6 is 12.4 Å². The Bertz CT molecular complexity index is 180. The van der Waals surface area contributed by atoms with Gasteiger partial charge in [0.2, 0.25) is 0 Å². The highest BCUT2D eigenvalue weighted by molar-refractivity contribution is 5.85. The Morgan fingerprint density at radius 1 is 1.24 bits per heavy atom. The van der Waals surface area contributed by atoms with Crippen molar-refractivity contribution < 1.29 is 4.74 Å². The first-order valence-electron chi connectivity index (χ1n) is 6.65. The lowest BCUT2D eigenvalue weighted by atomic mass is 9.91. The van der Waals surface area contributed by atoms with Crippen LogP contribution in [0.3, 0.4) is 0 Å². The van der Waals surface area contributed by atoms with Crippen molar-refractivity contribution in [2.24, 2.45) is 17.6 Å². The van der Waals surface area contributed by atoms with E-state index in [0.29, 0.717) is 12.0 Å². The summed E-state index contributed by atoms with van der Waals surface area (Å²) in [5.41, 5.74) is 5.92. The third-order valence-electron chi connectivity index (χ3n) is 3.38. The van der Waals surface area contributed by atoms with Gasteiger partial charge in [-0.15, -0.1) is 12.4 Å². The van der Waals surface area contributed by atoms with Crippen LogP contribution in [-0.4, -0.2) is 43.8 Å². The molecule has 17 heavy (non-hydrogen) atoms. The molecule has 1 saturated heterocycles. The van der Waals surface area contributed by atoms with Gasteiger partial charge in [0, 0.05) is 19.2 Å². The fraction of sp³-hybridized carbons (Fsp3) is 1.00. The first kappa shape index (κ1) is 17.2. The summed E-state index contributed by atoms with van der Waals surface area (Å²) >= 11 is 0. The fourth-order valence-corrected chi connectivity index (χ4v) is 2.22. The van der Waals surface area contributed by atoms with Gasteiger partial charge in [-0.3, -0.25) is 0 Å². The van der Waals surface area contributed by atoms with Crippen molar-refractivity contribution in [1.82, 2.24) is 4.90 Å². The molecule has 1 aliphatic heterocycles. The number of rotatable bonds is 6. The summed E-state index contributed by atoms with van der Waals surface area (Å²) in [6.07, 6.45) is 2.50. The number of halogens is 1. The summed E-state index contributed by atoms with van der Waals surface area (Å²) < 4.78 is 5.61. The van der Waals surface area contributed by atoms with E-state index in [1.54, 1.807) is 0 Å². The molecule has 1 fully saturated rings. The molecule has 1 aliphatic rings. The molecule has 1 atom stereocenters. The molecule has 2 N–H and O–H groups in total. The van der Waals surface area contributed by atoms with Gasteiger partial charge in [0.25, 0.3) is 0 Å². The topological polar surface area (TPSA) is 38.5 Å². The second-order valence-electron chi connectivity index (χ2n) is 5.51. The first-order chi connectivity index (χ1) is 7.59. The molecule has 0 aromatic carbocycles. The predicted octanol–water partition coefficient (Wildman–Crippen LogP) is 2.14. The van der Waals surface area contributed by atoms with Crippen LogP contribution in [0.2, 0.25) is 0 Å². The van der Waals surface area contributed by atoms with Gasteiger partial charge < -0.3 is 15.4 Å². The monoisotopic (exact) mass is 264 g/mol. The van der Waals surface area contributed by atoms with E-state index in [0.717, 1.165) is 25.7 Å². The lowest BCUT2D eigenvalue weighted by molar-refractivity contribution is 0.0723. The van der Waals surface area contributed by atoms with E-state index in [9.17, 15) is 0 Å². The van der Waals surface area contributed by atoms with Crippen LogP contribution < -0.4 is 5.73 Å². The number of hydrogen-bond donors (Lipinski definition) is 1. The van der Waals surface area contributed by atoms with Crippen LogP contribution in [0, 0.1) is 11.8 Å². The molecule has 0 aromatic rings. The van der Waals surface area contributed by atoms with Crippen LogP contribution in [0.15, 0.2) is 0 Å². The maximum absolute atomic E-state index is 5.92. The van der Waals surface area contributed by atoms with Crippen molar-refractivity contribution >= 4 is 12.4 Å². The van der Waals surface area contributed by atoms with Gasteiger partial charge in [0.15, 0.2) is 0 Å². The molecule has 4 heteroatoms. The van der Waals surface area contributed by atoms with Gasteiger partial charge in [0.05, 0.1) is 6.61 Å². The highest BCUT2D eigenvalue weighted by Crippen LogP contribution is 2.18. The number of hydrogen-bond acceptors (Lipinski definition) is 3. The molecule has 0 saturated carbocycles. The molecule has 104 valence electrons. The van der Waals surface area contributed by atoms with E-state index in [1.807, 2.05) is 0 Å². The maximum Gasteiger partial charge on any atom is 0.0593 e. The zero-order chi connectivity index (χ0) is 12.0. The number of piperidine rings is 1. The Morgan fingerprint density at radius 2 is 1.82 bits per heavy atom. The molecule has 1 heterocycles. The average molecular weight is 265 g/mol. The molecule has 1 unspecified atom stereocenters. The highest BCUT2D eigenvalue weighted by atomic mass is 35.5. The zero-order valence-electron chi connectivity index (χ0n) is 11.5. The van der Waals surface area contributed by atoms with Crippen molar-refractivity contribution in [2.75, 3.05) is 32.8 Å². The third-order valence-corrected chi connectivity index (χ3v) is 3.38. The lowest BCUT2D eigenvalue weighted by Gasteiger charge is -2.33. The van der Waals surface area contributed by atoms with Gasteiger partial charge in [-0.2, -0.15) is 0 Å². The second kappa shape index (κ2) is 9.15. The molecule has 0 amide bonds. The first-order valence-corrected chi connectivity index (χ1v) is 6.65. The SMILES string of the molecule is CC(C)COCCN1CCC(C(C)N)CC1.Cl. The normalized spacial score (nSPS) is 20.3. The molecule has 0 aromatic heterocycles. The molecule has 0 aliphatic carbocycles. The Kier molecular flexibility index (Phi) is 9.24. The zero-order valence-corrected chi connectivity index (χ0v) is 12.3. The molecular formula is C13H29ClN2O. The maximum atomic E-state index is 5.92. The molecule has 0 radical (unpaired) electrons. The minimum absolute atomic E-state index is 0. The molecule has 0 spiro atoms. The highest BCUT2D eigenvalue weighted by Gasteiger charge is 2.21. The van der Waals surface area contributed by atoms with Crippen LogP contribution in [0.1, 0.15) is 33.6 Å². The van der Waals surface area contributed by atoms with Gasteiger partial charge >= 0.3 is 0 Å². The van der Waals surface area contributed by atoms with E-state index in [-0.39, 0.29) is 12.4 Å². The van der Waals surface area contributed by atoms with Crippen molar-refractivity contribution in [3.63, 3.8) is 0 Å². The lowest BCUT2D eigenvalue weighted by Crippen LogP contribution is -2.40. The number of ether oxygens (including phenoxy) is 1. The van der Waals surface area contributed by atoms with Crippen molar-refractivity contribution in [3.05, 3.63) is 0 Å². The van der Waals surface area contributed by atoms with Gasteiger partial charge in [-0.1, -0.05) is 13.8 Å². The summed E-state index contributed by atoms with van der Waals surface area (Å²) in [7, 11) is 0. The summed E-state index contributed by atoms with van der Waals surface area (Å²) in [6, 6.07) is 0.361. The van der Waals surface area contributed by atoms with Crippen LogP contribution in [-0.2, 0) is 4.74 Å². The van der Waals surface area contributed by atoms with Crippen LogP contribution in [0.5, 0.6) is 0 Å². The van der Waals surface area contributed by atoms with Crippen LogP contribution in [0.4, 0.5) is 0 Å². The number of likely N-dealkylation sites (tertiary alicyclic amines) is 1. The molecule has 0 bridgehead atoms. The van der Waals surface area contributed by atoms with Gasteiger partial charge in [0.1, 0.15) is 0 Å². The van der Waals surface area contributed by atoms with E-state index in [1.165, 1.54) is 25.9 Å². The summed E-state index contributed by atoms with van der Waals surface area (Å²) in [5.74, 6) is 1.37. The van der Waals surface area contributed by atoms with Crippen molar-refractivity contribution in [2.45, 2.75) is 39.7 Å². The summed E-state index contributed by atoms with van der Waals surface area (Å²) in [4.78, 5) is 2.50. The van der Waals surface area contributed by atoms with Gasteiger partial charge in [-0.25, -0.2) is 0 Å². The van der Waals surface area contributed by atoms with Crippen molar-refractivity contribution in [3.8, 4) is 0 Å². The molecule has 3 nitrogen and oxygen atoms in total. The predicted molar refractivity (Wildman–Crippen MR) is 75.7 cm³/mol. The van der Waals surface area contributed by atoms with Crippen molar-refractivity contribution in [1.29, 1.82) is 0 Å². The summed E-state index contributed by atoms with van der Waals surface area (Å²) in [5, 5.41) is 0.